The first-order chi connectivity index (χ1) is 16.6. The number of fused-ring (bicyclic) bond motifs is 1. The minimum Gasteiger partial charge on any atom is -0.369 e. The highest BCUT2D eigenvalue weighted by Gasteiger charge is 2.51. The Labute approximate surface area is 204 Å². The van der Waals surface area contributed by atoms with E-state index in [2.05, 4.69) is 25.5 Å². The summed E-state index contributed by atoms with van der Waals surface area (Å²) in [5, 5.41) is 16.6. The monoisotopic (exact) mass is 475 g/mol. The molecule has 0 aliphatic heterocycles. The highest BCUT2D eigenvalue weighted by molar-refractivity contribution is 7.03. The molecule has 7 rings (SSSR count). The number of nitrogens with zero attached hydrogens (tertiary/aromatic N) is 3. The molecule has 4 saturated carbocycles. The third kappa shape index (κ3) is 4.66. The SMILES string of the molecule is O=C(CC12CC3CC(CC(C3)C1)C2)Nc1cccc2nc(NCCN[CH]c3csnn3)ccc12. The number of anilines is 2. The number of amides is 1. The summed E-state index contributed by atoms with van der Waals surface area (Å²) in [6.45, 7) is 3.34. The molecule has 0 atom stereocenters. The van der Waals surface area contributed by atoms with Crippen molar-refractivity contribution in [3.8, 4) is 0 Å². The molecule has 4 fully saturated rings. The van der Waals surface area contributed by atoms with E-state index in [9.17, 15) is 4.79 Å². The van der Waals surface area contributed by atoms with E-state index in [1.54, 1.807) is 0 Å². The van der Waals surface area contributed by atoms with Gasteiger partial charge in [0.2, 0.25) is 5.91 Å². The van der Waals surface area contributed by atoms with Crippen LogP contribution in [0.3, 0.4) is 0 Å². The van der Waals surface area contributed by atoms with Crippen LogP contribution in [0, 0.1) is 29.7 Å². The van der Waals surface area contributed by atoms with Crippen molar-refractivity contribution in [3.63, 3.8) is 0 Å². The van der Waals surface area contributed by atoms with Crippen LogP contribution in [0.4, 0.5) is 11.5 Å². The van der Waals surface area contributed by atoms with Gasteiger partial charge in [-0.05, 0) is 97.5 Å². The van der Waals surface area contributed by atoms with Gasteiger partial charge in [-0.3, -0.25) is 4.79 Å². The molecular formula is C26H31N6OS. The van der Waals surface area contributed by atoms with Gasteiger partial charge in [0.05, 0.1) is 23.4 Å². The number of benzene rings is 1. The summed E-state index contributed by atoms with van der Waals surface area (Å²) < 4.78 is 3.84. The van der Waals surface area contributed by atoms with Gasteiger partial charge in [-0.2, -0.15) is 0 Å². The maximum Gasteiger partial charge on any atom is 0.224 e. The van der Waals surface area contributed by atoms with E-state index < -0.39 is 0 Å². The Balaban J connectivity index is 1.06. The van der Waals surface area contributed by atoms with Crippen LogP contribution in [0.15, 0.2) is 35.7 Å². The Bertz CT molecular complexity index is 1130. The van der Waals surface area contributed by atoms with E-state index >= 15 is 0 Å². The molecule has 34 heavy (non-hydrogen) atoms. The van der Waals surface area contributed by atoms with Crippen LogP contribution in [-0.4, -0.2) is 33.6 Å². The van der Waals surface area contributed by atoms with Gasteiger partial charge in [-0.15, -0.1) is 5.10 Å². The van der Waals surface area contributed by atoms with Crippen molar-refractivity contribution in [2.45, 2.75) is 44.9 Å². The van der Waals surface area contributed by atoms with Gasteiger partial charge in [0.25, 0.3) is 0 Å². The second-order valence-electron chi connectivity index (χ2n) is 10.6. The van der Waals surface area contributed by atoms with E-state index in [1.807, 2.05) is 42.3 Å². The van der Waals surface area contributed by atoms with Gasteiger partial charge in [0.1, 0.15) is 5.82 Å². The number of hydrogen-bond acceptors (Lipinski definition) is 7. The Morgan fingerprint density at radius 3 is 2.59 bits per heavy atom. The molecule has 2 aromatic heterocycles. The lowest BCUT2D eigenvalue weighted by molar-refractivity contribution is -0.124. The number of hydrogen-bond donors (Lipinski definition) is 3. The molecule has 0 saturated heterocycles. The third-order valence-corrected chi connectivity index (χ3v) is 8.43. The lowest BCUT2D eigenvalue weighted by Gasteiger charge is -2.56. The number of pyridine rings is 1. The molecule has 3 aromatic rings. The summed E-state index contributed by atoms with van der Waals surface area (Å²) in [7, 11) is 0. The fraction of sp³-hybridized carbons (Fsp3) is 0.500. The lowest BCUT2D eigenvalue weighted by Crippen LogP contribution is -2.47. The van der Waals surface area contributed by atoms with E-state index in [4.69, 9.17) is 4.98 Å². The van der Waals surface area contributed by atoms with Crippen molar-refractivity contribution < 1.29 is 4.79 Å². The van der Waals surface area contributed by atoms with Crippen LogP contribution in [0.2, 0.25) is 0 Å². The van der Waals surface area contributed by atoms with Gasteiger partial charge in [-0.25, -0.2) is 4.98 Å². The topological polar surface area (TPSA) is 91.8 Å². The molecular weight excluding hydrogens is 444 g/mol. The van der Waals surface area contributed by atoms with Gasteiger partial charge < -0.3 is 16.0 Å². The molecule has 0 spiro atoms. The van der Waals surface area contributed by atoms with Crippen molar-refractivity contribution in [2.75, 3.05) is 23.7 Å². The minimum atomic E-state index is 0.161. The van der Waals surface area contributed by atoms with Crippen LogP contribution in [0.5, 0.6) is 0 Å². The standard InChI is InChI=1S/C26H31N6OS/c33-25(14-26-11-17-8-18(12-26)10-19(9-17)13-26)30-23-3-1-2-22-21(23)4-5-24(29-22)28-7-6-27-15-20-16-34-32-31-20/h1-5,15-19,27H,6-14H2,(H,28,29)(H,30,33). The Hall–Kier alpha value is -2.58. The van der Waals surface area contributed by atoms with Gasteiger partial charge in [-0.1, -0.05) is 10.6 Å². The molecule has 1 radical (unpaired) electrons. The predicted molar refractivity (Wildman–Crippen MR) is 135 cm³/mol. The fourth-order valence-corrected chi connectivity index (χ4v) is 7.49. The van der Waals surface area contributed by atoms with Crippen molar-refractivity contribution in [3.05, 3.63) is 48.0 Å². The molecule has 177 valence electrons. The molecule has 4 aliphatic rings. The average Bonchev–Trinajstić information content (AvgIpc) is 3.31. The number of carbonyl (C=O) groups is 1. The van der Waals surface area contributed by atoms with Crippen LogP contribution >= 0.6 is 11.5 Å². The Morgan fingerprint density at radius 1 is 1.06 bits per heavy atom. The zero-order valence-electron chi connectivity index (χ0n) is 19.3. The van der Waals surface area contributed by atoms with Crippen LogP contribution < -0.4 is 16.0 Å². The quantitative estimate of drug-likeness (QED) is 0.384. The maximum absolute atomic E-state index is 13.1. The highest BCUT2D eigenvalue weighted by atomic mass is 32.1. The van der Waals surface area contributed by atoms with Crippen LogP contribution in [-0.2, 0) is 4.79 Å². The number of nitrogens with one attached hydrogen (secondary N) is 3. The van der Waals surface area contributed by atoms with Crippen LogP contribution in [0.25, 0.3) is 10.9 Å². The predicted octanol–water partition coefficient (Wildman–Crippen LogP) is 4.84. The van der Waals surface area contributed by atoms with Crippen LogP contribution in [0.1, 0.15) is 50.6 Å². The van der Waals surface area contributed by atoms with E-state index in [1.165, 1.54) is 50.1 Å². The largest absolute Gasteiger partial charge is 0.369 e. The van der Waals surface area contributed by atoms with E-state index in [0.717, 1.165) is 58.9 Å². The Kier molecular flexibility index (Phi) is 5.95. The van der Waals surface area contributed by atoms with Crippen molar-refractivity contribution in [1.29, 1.82) is 0 Å². The van der Waals surface area contributed by atoms with Crippen molar-refractivity contribution in [1.82, 2.24) is 19.9 Å². The summed E-state index contributed by atoms with van der Waals surface area (Å²) in [4.78, 5) is 17.9. The zero-order chi connectivity index (χ0) is 23.0. The van der Waals surface area contributed by atoms with E-state index in [-0.39, 0.29) is 11.3 Å². The third-order valence-electron chi connectivity index (χ3n) is 7.91. The maximum atomic E-state index is 13.1. The van der Waals surface area contributed by atoms with E-state index in [0.29, 0.717) is 6.42 Å². The van der Waals surface area contributed by atoms with Crippen molar-refractivity contribution in [2.24, 2.45) is 23.2 Å². The normalized spacial score (nSPS) is 27.2. The molecule has 0 unspecified atom stereocenters. The molecule has 4 aliphatic carbocycles. The number of carbonyl (C=O) groups excluding carboxylic acids is 1. The molecule has 4 bridgehead atoms. The average molecular weight is 476 g/mol. The van der Waals surface area contributed by atoms with Crippen molar-refractivity contribution >= 4 is 39.8 Å². The highest BCUT2D eigenvalue weighted by Crippen LogP contribution is 2.61. The summed E-state index contributed by atoms with van der Waals surface area (Å²) >= 11 is 1.34. The summed E-state index contributed by atoms with van der Waals surface area (Å²) in [5.74, 6) is 3.58. The minimum absolute atomic E-state index is 0.161. The zero-order valence-corrected chi connectivity index (χ0v) is 20.1. The summed E-state index contributed by atoms with van der Waals surface area (Å²) in [6, 6.07) is 9.98. The molecule has 2 heterocycles. The molecule has 3 N–H and O–H groups in total. The summed E-state index contributed by atoms with van der Waals surface area (Å²) in [5.41, 5.74) is 2.83. The van der Waals surface area contributed by atoms with Gasteiger partial charge >= 0.3 is 0 Å². The molecule has 1 amide bonds. The smallest absolute Gasteiger partial charge is 0.224 e. The second kappa shape index (κ2) is 9.23. The molecule has 8 heteroatoms. The van der Waals surface area contributed by atoms with Gasteiger partial charge in [0.15, 0.2) is 0 Å². The first-order valence-corrected chi connectivity index (χ1v) is 13.2. The first kappa shape index (κ1) is 21.9. The van der Waals surface area contributed by atoms with Gasteiger partial charge in [0, 0.05) is 30.3 Å². The lowest BCUT2D eigenvalue weighted by atomic mass is 9.49. The second-order valence-corrected chi connectivity index (χ2v) is 11.2. The fourth-order valence-electron chi connectivity index (χ4n) is 7.08. The number of aromatic nitrogens is 3. The molecule has 7 nitrogen and oxygen atoms in total. The first-order valence-electron chi connectivity index (χ1n) is 12.4. The molecule has 1 aromatic carbocycles. The summed E-state index contributed by atoms with van der Waals surface area (Å²) in [6.07, 6.45) is 8.65. The number of rotatable bonds is 9. The Morgan fingerprint density at radius 2 is 1.85 bits per heavy atom.